The molecule has 0 bridgehead atoms. The van der Waals surface area contributed by atoms with Gasteiger partial charge in [0.05, 0.1) is 24.4 Å². The van der Waals surface area contributed by atoms with Gasteiger partial charge in [0.15, 0.2) is 24.8 Å². The van der Waals surface area contributed by atoms with Crippen molar-refractivity contribution in [1.82, 2.24) is 0 Å². The highest BCUT2D eigenvalue weighted by Gasteiger charge is 1.85. The number of carboxylic acid groups (broad SMARTS) is 2. The Morgan fingerprint density at radius 2 is 1.08 bits per heavy atom. The zero-order chi connectivity index (χ0) is 18.2. The van der Waals surface area contributed by atoms with E-state index in [-0.39, 0.29) is 0 Å². The summed E-state index contributed by atoms with van der Waals surface area (Å²) in [6.07, 6.45) is 9.78. The largest absolute Gasteiger partial charge is 0.543 e. The van der Waals surface area contributed by atoms with Gasteiger partial charge in [-0.2, -0.15) is 0 Å². The van der Waals surface area contributed by atoms with Gasteiger partial charge in [0, 0.05) is 35.4 Å². The molecule has 0 aliphatic heterocycles. The molecule has 0 unspecified atom stereocenters. The minimum atomic E-state index is -2.19. The first-order valence-electron chi connectivity index (χ1n) is 6.20. The summed E-state index contributed by atoms with van der Waals surface area (Å²) in [4.78, 5) is 23.5. The molecule has 0 saturated carbocycles. The van der Waals surface area contributed by atoms with E-state index in [4.69, 9.17) is 30.2 Å². The molecule has 0 amide bonds. The molecule has 10 heteroatoms. The van der Waals surface area contributed by atoms with Crippen LogP contribution in [0.2, 0.25) is 0 Å². The van der Waals surface area contributed by atoms with E-state index in [2.05, 4.69) is 20.3 Å². The first-order valence-corrected chi connectivity index (χ1v) is 6.20. The average Bonchev–Trinajstić information content (AvgIpc) is 2.58. The number of aliphatic carboxylic acids is 2. The number of pyridine rings is 2. The van der Waals surface area contributed by atoms with E-state index in [1.54, 1.807) is 49.1 Å². The summed E-state index contributed by atoms with van der Waals surface area (Å²) < 4.78 is 0. The Hall–Kier alpha value is -3.82. The molecule has 2 heterocycles. The topological polar surface area (TPSA) is 174 Å². The highest BCUT2D eigenvalue weighted by atomic mass is 16.4. The van der Waals surface area contributed by atoms with E-state index in [1.165, 1.54) is 12.4 Å². The lowest BCUT2D eigenvalue weighted by molar-refractivity contribution is -0.378. The number of carboxylic acids is 2. The van der Waals surface area contributed by atoms with Crippen LogP contribution in [-0.4, -0.2) is 34.8 Å². The summed E-state index contributed by atoms with van der Waals surface area (Å²) >= 11 is 0. The van der Waals surface area contributed by atoms with Gasteiger partial charge in [0.1, 0.15) is 0 Å². The first kappa shape index (κ1) is 20.2. The van der Waals surface area contributed by atoms with Crippen LogP contribution in [-0.2, 0) is 9.59 Å². The number of nitrogens with zero attached hydrogens (tertiary/aromatic N) is 2. The summed E-state index contributed by atoms with van der Waals surface area (Å²) in [5.41, 5.74) is 1.74. The third-order valence-corrected chi connectivity index (χ3v) is 2.07. The number of hydrogen-bond acceptors (Lipinski definition) is 8. The van der Waals surface area contributed by atoms with Crippen LogP contribution in [0.25, 0.3) is 0 Å². The minimum absolute atomic E-state index is 0.872. The summed E-state index contributed by atoms with van der Waals surface area (Å²) in [7, 11) is 0. The molecule has 0 saturated heterocycles. The molecule has 0 spiro atoms. The van der Waals surface area contributed by atoms with Gasteiger partial charge >= 0.3 is 0 Å². The second-order valence-corrected chi connectivity index (χ2v) is 3.73. The van der Waals surface area contributed by atoms with Gasteiger partial charge in [0.2, 0.25) is 0 Å². The minimum Gasteiger partial charge on any atom is -0.543 e. The van der Waals surface area contributed by atoms with Crippen LogP contribution in [0.5, 0.6) is 0 Å². The third kappa shape index (κ3) is 10.9. The van der Waals surface area contributed by atoms with Gasteiger partial charge in [-0.25, -0.2) is 9.97 Å². The zero-order valence-corrected chi connectivity index (χ0v) is 12.2. The number of H-pyrrole nitrogens is 2. The van der Waals surface area contributed by atoms with Gasteiger partial charge in [-0.3, -0.25) is 0 Å². The van der Waals surface area contributed by atoms with Crippen LogP contribution < -0.4 is 20.2 Å². The maximum atomic E-state index is 8.93. The number of nitrogens with one attached hydrogen (secondary N) is 2. The van der Waals surface area contributed by atoms with E-state index in [1.807, 2.05) is 0 Å². The molecule has 0 atom stereocenters. The van der Waals surface area contributed by atoms with E-state index in [9.17, 15) is 0 Å². The predicted molar refractivity (Wildman–Crippen MR) is 74.8 cm³/mol. The van der Waals surface area contributed by atoms with Gasteiger partial charge in [-0.15, -0.1) is 0 Å². The summed E-state index contributed by atoms with van der Waals surface area (Å²) in [6.45, 7) is 0. The fraction of sp³-hybridized carbons (Fsp3) is 0. The number of carbonyl (C=O) groups is 2. The number of aromatic nitrogens is 2. The van der Waals surface area contributed by atoms with Crippen molar-refractivity contribution in [3.8, 4) is 0 Å². The van der Waals surface area contributed by atoms with Crippen LogP contribution in [0, 0.1) is 0 Å². The van der Waals surface area contributed by atoms with Crippen molar-refractivity contribution in [1.29, 1.82) is 0 Å². The van der Waals surface area contributed by atoms with E-state index >= 15 is 0 Å². The van der Waals surface area contributed by atoms with Crippen molar-refractivity contribution in [2.75, 3.05) is 0 Å². The molecular weight excluding hydrogens is 320 g/mol. The van der Waals surface area contributed by atoms with Crippen molar-refractivity contribution in [3.05, 3.63) is 60.2 Å². The van der Waals surface area contributed by atoms with Crippen LogP contribution in [0.3, 0.4) is 0 Å². The zero-order valence-electron chi connectivity index (χ0n) is 12.2. The smallest absolute Gasteiger partial charge is 0.167 e. The lowest BCUT2D eigenvalue weighted by atomic mass is 10.3. The highest BCUT2D eigenvalue weighted by molar-refractivity contribution is 6.25. The number of hydrogen-bond donors (Lipinski definition) is 2. The van der Waals surface area contributed by atoms with Crippen LogP contribution >= 0.6 is 0 Å². The Kier molecular flexibility index (Phi) is 10.8. The number of carbonyl (C=O) groups excluding carboxylic acids is 2. The first-order chi connectivity index (χ1) is 11.5. The standard InChI is InChI=1S/2C6H6N2O.C2H2O4/c2*9-8-5-6-1-3-7-4-2-6;3-1(4)2(5)6/h2*1-5,9H;(H,3,4)(H,5,6)/b2*8-5+;. The van der Waals surface area contributed by atoms with Crippen molar-refractivity contribution in [2.45, 2.75) is 0 Å². The second kappa shape index (κ2) is 12.9. The van der Waals surface area contributed by atoms with Gasteiger partial charge in [-0.05, 0) is 0 Å². The second-order valence-electron chi connectivity index (χ2n) is 3.73. The van der Waals surface area contributed by atoms with E-state index < -0.39 is 11.9 Å². The number of aromatic amines is 2. The predicted octanol–water partition coefficient (Wildman–Crippen LogP) is -2.90. The third-order valence-electron chi connectivity index (χ3n) is 2.07. The van der Waals surface area contributed by atoms with Crippen LogP contribution in [0.15, 0.2) is 59.4 Å². The molecule has 0 aliphatic rings. The lowest BCUT2D eigenvalue weighted by Crippen LogP contribution is -2.42. The van der Waals surface area contributed by atoms with Crippen LogP contribution in [0.1, 0.15) is 11.1 Å². The Balaban J connectivity index is 0.000000340. The molecule has 0 aromatic carbocycles. The Labute approximate surface area is 136 Å². The molecule has 10 nitrogen and oxygen atoms in total. The SMILES string of the molecule is O/N=C/c1cc[nH+]cc1.O/N=C/c1cc[nH+]cc1.O=C([O-])C(=O)[O-]. The molecule has 126 valence electrons. The normalized spacial score (nSPS) is 9.50. The Bertz CT molecular complexity index is 602. The molecule has 0 aliphatic carbocycles. The summed E-state index contributed by atoms with van der Waals surface area (Å²) in [5.74, 6) is -4.37. The molecule has 4 N–H and O–H groups in total. The van der Waals surface area contributed by atoms with Gasteiger partial charge in [-0.1, -0.05) is 10.3 Å². The Morgan fingerprint density at radius 3 is 1.29 bits per heavy atom. The van der Waals surface area contributed by atoms with E-state index in [0.717, 1.165) is 11.1 Å². The number of oxime groups is 2. The van der Waals surface area contributed by atoms with E-state index in [0.29, 0.717) is 0 Å². The molecule has 0 radical (unpaired) electrons. The lowest BCUT2D eigenvalue weighted by Gasteiger charge is -1.97. The van der Waals surface area contributed by atoms with Crippen molar-refractivity contribution in [3.63, 3.8) is 0 Å². The van der Waals surface area contributed by atoms with Gasteiger partial charge < -0.3 is 30.2 Å². The average molecular weight is 334 g/mol. The fourth-order valence-electron chi connectivity index (χ4n) is 1.11. The van der Waals surface area contributed by atoms with Crippen molar-refractivity contribution in [2.24, 2.45) is 10.3 Å². The molecule has 2 aromatic heterocycles. The quantitative estimate of drug-likeness (QED) is 0.258. The summed E-state index contributed by atoms with van der Waals surface area (Å²) in [6, 6.07) is 7.22. The highest BCUT2D eigenvalue weighted by Crippen LogP contribution is 1.87. The molecule has 2 rings (SSSR count). The van der Waals surface area contributed by atoms with Crippen molar-refractivity contribution >= 4 is 24.4 Å². The monoisotopic (exact) mass is 334 g/mol. The molecule has 0 fully saturated rings. The van der Waals surface area contributed by atoms with Crippen LogP contribution in [0.4, 0.5) is 0 Å². The maximum Gasteiger partial charge on any atom is 0.167 e. The molecule has 2 aromatic rings. The van der Waals surface area contributed by atoms with Gasteiger partial charge in [0.25, 0.3) is 0 Å². The summed E-state index contributed by atoms with van der Waals surface area (Å²) in [5, 5.41) is 39.7. The molecular formula is C14H14N4O6. The Morgan fingerprint density at radius 1 is 0.792 bits per heavy atom. The fourth-order valence-corrected chi connectivity index (χ4v) is 1.11. The maximum absolute atomic E-state index is 8.93. The number of rotatable bonds is 2. The van der Waals surface area contributed by atoms with Crippen molar-refractivity contribution < 1.29 is 40.2 Å². The molecule has 24 heavy (non-hydrogen) atoms.